The van der Waals surface area contributed by atoms with Crippen LogP contribution in [0, 0.1) is 12.3 Å². The Morgan fingerprint density at radius 2 is 1.30 bits per heavy atom. The molecule has 0 saturated heterocycles. The van der Waals surface area contributed by atoms with Crippen molar-refractivity contribution in [3.05, 3.63) is 169 Å². The molecule has 0 bridgehead atoms. The maximum Gasteiger partial charge on any atom is 0.0396 e. The van der Waals surface area contributed by atoms with Gasteiger partial charge >= 0.3 is 0 Å². The van der Waals surface area contributed by atoms with Crippen LogP contribution in [0.2, 0.25) is 0 Å². The maximum atomic E-state index is 6.47. The van der Waals surface area contributed by atoms with Gasteiger partial charge in [0.2, 0.25) is 0 Å². The van der Waals surface area contributed by atoms with Crippen molar-refractivity contribution >= 4 is 44.2 Å². The van der Waals surface area contributed by atoms with E-state index in [-0.39, 0.29) is 0 Å². The summed E-state index contributed by atoms with van der Waals surface area (Å²) in [7, 11) is 0. The first-order chi connectivity index (χ1) is 23.1. The molecule has 0 radical (unpaired) electrons. The highest BCUT2D eigenvalue weighted by molar-refractivity contribution is 5.98. The minimum atomic E-state index is 0.732. The topological polar surface area (TPSA) is 38.0 Å². The van der Waals surface area contributed by atoms with Crippen molar-refractivity contribution < 1.29 is 0 Å². The molecule has 0 unspecified atom stereocenters. The lowest BCUT2D eigenvalue weighted by Crippen LogP contribution is -1.95. The van der Waals surface area contributed by atoms with E-state index in [4.69, 9.17) is 12.2 Å². The zero-order valence-electron chi connectivity index (χ0n) is 26.2. The number of hydrogen-bond donors (Lipinski definition) is 2. The second-order valence-corrected chi connectivity index (χ2v) is 11.7. The fraction of sp³-hybridized carbons (Fsp3) is 0.0222. The number of allylic oxidation sites excluding steroid dienone is 4. The minimum absolute atomic E-state index is 0.732. The number of nitrogens with one attached hydrogen (secondary N) is 1. The summed E-state index contributed by atoms with van der Waals surface area (Å²) in [5.74, 6) is 2.63. The third kappa shape index (κ3) is 6.29. The lowest BCUT2D eigenvalue weighted by Gasteiger charge is -2.15. The predicted octanol–water partition coefficient (Wildman–Crippen LogP) is 11.9. The molecule has 0 aliphatic rings. The Hall–Kier alpha value is -6.30. The van der Waals surface area contributed by atoms with Crippen LogP contribution in [0.1, 0.15) is 12.5 Å². The number of hydrogen-bond acceptors (Lipinski definition) is 2. The van der Waals surface area contributed by atoms with E-state index in [0.29, 0.717) is 0 Å². The Morgan fingerprint density at radius 3 is 2.11 bits per heavy atom. The van der Waals surface area contributed by atoms with Gasteiger partial charge in [0.1, 0.15) is 0 Å². The van der Waals surface area contributed by atoms with Crippen LogP contribution in [0.15, 0.2) is 164 Å². The summed E-state index contributed by atoms with van der Waals surface area (Å²) in [5.41, 5.74) is 18.0. The summed E-state index contributed by atoms with van der Waals surface area (Å²) in [5, 5.41) is 8.56. The number of fused-ring (bicyclic) bond motifs is 2. The SMILES string of the molecule is C#C/C=C\C(=C/C)c1cc(Nc2cccc(-c3cc(N)cc(-c4ccc5ccccc5c4)c3)c2)cc(-c2cccc3ccccc23)c1. The minimum Gasteiger partial charge on any atom is -0.399 e. The fourth-order valence-corrected chi connectivity index (χ4v) is 6.29. The molecule has 0 aliphatic heterocycles. The van der Waals surface area contributed by atoms with Crippen molar-refractivity contribution in [3.8, 4) is 45.7 Å². The van der Waals surface area contributed by atoms with Crippen LogP contribution < -0.4 is 11.1 Å². The molecule has 0 atom stereocenters. The van der Waals surface area contributed by atoms with Gasteiger partial charge in [-0.15, -0.1) is 6.42 Å². The summed E-state index contributed by atoms with van der Waals surface area (Å²) < 4.78 is 0. The molecule has 3 N–H and O–H groups in total. The molecule has 0 aliphatic carbocycles. The van der Waals surface area contributed by atoms with Crippen molar-refractivity contribution in [1.29, 1.82) is 0 Å². The van der Waals surface area contributed by atoms with Crippen molar-refractivity contribution in [2.75, 3.05) is 11.1 Å². The van der Waals surface area contributed by atoms with Crippen molar-refractivity contribution in [2.45, 2.75) is 6.92 Å². The summed E-state index contributed by atoms with van der Waals surface area (Å²) in [6.07, 6.45) is 11.4. The van der Waals surface area contributed by atoms with E-state index in [1.54, 1.807) is 6.08 Å². The van der Waals surface area contributed by atoms with Gasteiger partial charge in [0.15, 0.2) is 0 Å². The second kappa shape index (κ2) is 13.0. The molecule has 0 fully saturated rings. The first kappa shape index (κ1) is 29.4. The summed E-state index contributed by atoms with van der Waals surface area (Å²) in [6.45, 7) is 2.04. The summed E-state index contributed by atoms with van der Waals surface area (Å²) in [6, 6.07) is 51.4. The number of anilines is 3. The number of terminal acetylenes is 1. The van der Waals surface area contributed by atoms with Crippen LogP contribution in [0.25, 0.3) is 60.5 Å². The Balaban J connectivity index is 1.27. The molecule has 0 amide bonds. The van der Waals surface area contributed by atoms with Gasteiger partial charge < -0.3 is 11.1 Å². The Morgan fingerprint density at radius 1 is 0.596 bits per heavy atom. The van der Waals surface area contributed by atoms with Gasteiger partial charge in [0.25, 0.3) is 0 Å². The zero-order chi connectivity index (χ0) is 32.2. The van der Waals surface area contributed by atoms with E-state index < -0.39 is 0 Å². The highest BCUT2D eigenvalue weighted by Gasteiger charge is 2.11. The van der Waals surface area contributed by atoms with Gasteiger partial charge in [0.05, 0.1) is 0 Å². The van der Waals surface area contributed by atoms with E-state index in [0.717, 1.165) is 56.0 Å². The second-order valence-electron chi connectivity index (χ2n) is 11.7. The average Bonchev–Trinajstić information content (AvgIpc) is 3.11. The molecule has 0 aromatic heterocycles. The van der Waals surface area contributed by atoms with Gasteiger partial charge in [-0.05, 0) is 140 Å². The third-order valence-electron chi connectivity index (χ3n) is 8.56. The molecule has 224 valence electrons. The van der Waals surface area contributed by atoms with Crippen LogP contribution in [0.3, 0.4) is 0 Å². The Labute approximate surface area is 276 Å². The maximum absolute atomic E-state index is 6.47. The molecule has 47 heavy (non-hydrogen) atoms. The standard InChI is InChI=1S/C45H34N2/c1-3-5-12-31(4-2)39-25-40(45-20-11-16-33-14-8-9-19-44(33)45)30-43(29-39)47-42-18-10-17-35(28-42)37-24-38(27-41(46)26-37)36-22-21-32-13-6-7-15-34(32)23-36/h1,4-30,47H,46H2,2H3/b12-5-,31-4+. The van der Waals surface area contributed by atoms with Gasteiger partial charge in [-0.25, -0.2) is 0 Å². The lowest BCUT2D eigenvalue weighted by atomic mass is 9.94. The first-order valence-electron chi connectivity index (χ1n) is 15.8. The Bertz CT molecular complexity index is 2360. The average molecular weight is 603 g/mol. The smallest absolute Gasteiger partial charge is 0.0396 e. The van der Waals surface area contributed by atoms with Gasteiger partial charge in [-0.3, -0.25) is 0 Å². The normalized spacial score (nSPS) is 11.6. The zero-order valence-corrected chi connectivity index (χ0v) is 26.2. The van der Waals surface area contributed by atoms with Crippen molar-refractivity contribution in [2.24, 2.45) is 0 Å². The largest absolute Gasteiger partial charge is 0.399 e. The quantitative estimate of drug-likeness (QED) is 0.108. The summed E-state index contributed by atoms with van der Waals surface area (Å²) >= 11 is 0. The molecule has 0 heterocycles. The van der Waals surface area contributed by atoms with Gasteiger partial charge in [0, 0.05) is 17.1 Å². The van der Waals surface area contributed by atoms with Crippen molar-refractivity contribution in [1.82, 2.24) is 0 Å². The summed E-state index contributed by atoms with van der Waals surface area (Å²) in [4.78, 5) is 0. The van der Waals surface area contributed by atoms with Gasteiger partial charge in [-0.1, -0.05) is 103 Å². The van der Waals surface area contributed by atoms with Crippen LogP contribution >= 0.6 is 0 Å². The number of nitrogen functional groups attached to an aromatic ring is 1. The fourth-order valence-electron chi connectivity index (χ4n) is 6.29. The van der Waals surface area contributed by atoms with E-state index in [1.807, 2.05) is 25.1 Å². The molecule has 0 saturated carbocycles. The lowest BCUT2D eigenvalue weighted by molar-refractivity contribution is 1.51. The van der Waals surface area contributed by atoms with E-state index in [9.17, 15) is 0 Å². The molecule has 7 aromatic rings. The first-order valence-corrected chi connectivity index (χ1v) is 15.8. The van der Waals surface area contributed by atoms with Crippen LogP contribution in [-0.2, 0) is 0 Å². The van der Waals surface area contributed by atoms with E-state index >= 15 is 0 Å². The van der Waals surface area contributed by atoms with Crippen LogP contribution in [0.4, 0.5) is 17.1 Å². The molecular weight excluding hydrogens is 569 g/mol. The van der Waals surface area contributed by atoms with Crippen LogP contribution in [-0.4, -0.2) is 0 Å². The van der Waals surface area contributed by atoms with Crippen molar-refractivity contribution in [3.63, 3.8) is 0 Å². The van der Waals surface area contributed by atoms with Crippen LogP contribution in [0.5, 0.6) is 0 Å². The molecule has 2 nitrogen and oxygen atoms in total. The monoisotopic (exact) mass is 602 g/mol. The predicted molar refractivity (Wildman–Crippen MR) is 204 cm³/mol. The number of rotatable bonds is 7. The molecule has 7 rings (SSSR count). The molecular formula is C45H34N2. The van der Waals surface area contributed by atoms with E-state index in [2.05, 4.69) is 151 Å². The number of nitrogens with two attached hydrogens (primary N) is 1. The third-order valence-corrected chi connectivity index (χ3v) is 8.56. The van der Waals surface area contributed by atoms with Gasteiger partial charge in [-0.2, -0.15) is 0 Å². The molecule has 0 spiro atoms. The highest BCUT2D eigenvalue weighted by atomic mass is 14.9. The molecule has 7 aromatic carbocycles. The number of benzene rings is 7. The Kier molecular flexibility index (Phi) is 8.12. The molecule has 2 heteroatoms. The highest BCUT2D eigenvalue weighted by Crippen LogP contribution is 2.36. The van der Waals surface area contributed by atoms with E-state index in [1.165, 1.54) is 27.1 Å².